The van der Waals surface area contributed by atoms with E-state index in [0.717, 1.165) is 6.07 Å². The summed E-state index contributed by atoms with van der Waals surface area (Å²) >= 11 is 0. The molecule has 0 radical (unpaired) electrons. The molecule has 0 aliphatic carbocycles. The van der Waals surface area contributed by atoms with Crippen molar-refractivity contribution in [1.29, 1.82) is 0 Å². The van der Waals surface area contributed by atoms with E-state index < -0.39 is 17.8 Å². The van der Waals surface area contributed by atoms with Gasteiger partial charge in [0.05, 0.1) is 12.7 Å². The van der Waals surface area contributed by atoms with Gasteiger partial charge in [0, 0.05) is 6.54 Å². The molecule has 1 N–H and O–H groups in total. The fraction of sp³-hybridized carbons (Fsp3) is 0.500. The normalized spacial score (nSPS) is 23.4. The number of ether oxygens (including phenoxy) is 1. The van der Waals surface area contributed by atoms with Crippen LogP contribution in [0.5, 0.6) is 0 Å². The van der Waals surface area contributed by atoms with E-state index in [1.165, 1.54) is 19.2 Å². The van der Waals surface area contributed by atoms with Crippen LogP contribution in [0.3, 0.4) is 0 Å². The van der Waals surface area contributed by atoms with Gasteiger partial charge in [0.2, 0.25) is 0 Å². The first-order valence-electron chi connectivity index (χ1n) is 6.41. The first-order valence-corrected chi connectivity index (χ1v) is 6.41. The molecule has 20 heavy (non-hydrogen) atoms. The van der Waals surface area contributed by atoms with E-state index >= 15 is 0 Å². The van der Waals surface area contributed by atoms with Crippen molar-refractivity contribution in [1.82, 2.24) is 5.32 Å². The summed E-state index contributed by atoms with van der Waals surface area (Å²) in [6, 6.07) is 5.18. The van der Waals surface area contributed by atoms with Crippen molar-refractivity contribution >= 4 is 5.97 Å². The quantitative estimate of drug-likeness (QED) is 0.850. The Morgan fingerprint density at radius 2 is 2.00 bits per heavy atom. The van der Waals surface area contributed by atoms with Gasteiger partial charge in [-0.2, -0.15) is 13.2 Å². The maximum Gasteiger partial charge on any atom is 0.416 e. The predicted octanol–water partition coefficient (Wildman–Crippen LogP) is 2.71. The summed E-state index contributed by atoms with van der Waals surface area (Å²) in [5.41, 5.74) is -0.306. The molecule has 1 aliphatic rings. The third kappa shape index (κ3) is 3.12. The number of carbonyl (C=O) groups is 1. The maximum absolute atomic E-state index is 13.0. The largest absolute Gasteiger partial charge is 0.468 e. The molecule has 0 unspecified atom stereocenters. The molecule has 1 saturated heterocycles. The molecular formula is C14H16F3NO2. The Bertz CT molecular complexity index is 480. The van der Waals surface area contributed by atoms with Gasteiger partial charge in [-0.3, -0.25) is 4.79 Å². The number of piperidine rings is 1. The molecule has 0 amide bonds. The number of halogens is 3. The van der Waals surface area contributed by atoms with Gasteiger partial charge in [-0.25, -0.2) is 0 Å². The van der Waals surface area contributed by atoms with E-state index in [4.69, 9.17) is 0 Å². The molecule has 1 aromatic rings. The lowest BCUT2D eigenvalue weighted by molar-refractivity contribution is -0.144. The van der Waals surface area contributed by atoms with Crippen LogP contribution in [-0.2, 0) is 15.7 Å². The lowest BCUT2D eigenvalue weighted by atomic mass is 9.86. The molecular weight excluding hydrogens is 271 g/mol. The van der Waals surface area contributed by atoms with Crippen molar-refractivity contribution in [2.45, 2.75) is 31.0 Å². The van der Waals surface area contributed by atoms with E-state index in [-0.39, 0.29) is 17.5 Å². The second kappa shape index (κ2) is 5.83. The summed E-state index contributed by atoms with van der Waals surface area (Å²) < 4.78 is 43.5. The Labute approximate surface area is 115 Å². The summed E-state index contributed by atoms with van der Waals surface area (Å²) in [4.78, 5) is 11.4. The number of hydrogen-bond acceptors (Lipinski definition) is 3. The Balaban J connectivity index is 2.13. The van der Waals surface area contributed by atoms with Gasteiger partial charge in [0.15, 0.2) is 0 Å². The smallest absolute Gasteiger partial charge is 0.416 e. The first-order chi connectivity index (χ1) is 9.43. The predicted molar refractivity (Wildman–Crippen MR) is 67.2 cm³/mol. The Morgan fingerprint density at radius 1 is 1.30 bits per heavy atom. The molecule has 2 atom stereocenters. The number of hydrogen-bond donors (Lipinski definition) is 1. The number of rotatable bonds is 2. The number of benzene rings is 1. The van der Waals surface area contributed by atoms with Crippen molar-refractivity contribution in [2.24, 2.45) is 0 Å². The van der Waals surface area contributed by atoms with E-state index in [1.54, 1.807) is 6.07 Å². The van der Waals surface area contributed by atoms with Gasteiger partial charge in [0.1, 0.15) is 6.04 Å². The summed E-state index contributed by atoms with van der Waals surface area (Å²) in [7, 11) is 1.30. The zero-order valence-corrected chi connectivity index (χ0v) is 11.0. The van der Waals surface area contributed by atoms with Gasteiger partial charge in [-0.15, -0.1) is 0 Å². The monoisotopic (exact) mass is 287 g/mol. The van der Waals surface area contributed by atoms with Crippen molar-refractivity contribution in [3.05, 3.63) is 35.4 Å². The third-order valence-electron chi connectivity index (χ3n) is 3.61. The van der Waals surface area contributed by atoms with Crippen LogP contribution in [0.15, 0.2) is 24.3 Å². The van der Waals surface area contributed by atoms with Crippen LogP contribution in [0.4, 0.5) is 13.2 Å². The SMILES string of the molecule is COC(=O)[C@@H]1CC[C@H](c2ccccc2C(F)(F)F)CN1. The molecule has 6 heteroatoms. The minimum absolute atomic E-state index is 0.242. The average molecular weight is 287 g/mol. The number of esters is 1. The van der Waals surface area contributed by atoms with Crippen LogP contribution in [0.2, 0.25) is 0 Å². The van der Waals surface area contributed by atoms with Gasteiger partial charge in [-0.1, -0.05) is 18.2 Å². The Hall–Kier alpha value is -1.56. The highest BCUT2D eigenvalue weighted by atomic mass is 19.4. The molecule has 0 bridgehead atoms. The number of nitrogens with one attached hydrogen (secondary N) is 1. The van der Waals surface area contributed by atoms with Gasteiger partial charge >= 0.3 is 12.1 Å². The van der Waals surface area contributed by atoms with Crippen LogP contribution in [0, 0.1) is 0 Å². The number of alkyl halides is 3. The molecule has 1 heterocycles. The highest BCUT2D eigenvalue weighted by molar-refractivity contribution is 5.75. The van der Waals surface area contributed by atoms with Crippen LogP contribution in [-0.4, -0.2) is 25.7 Å². The van der Waals surface area contributed by atoms with Crippen molar-refractivity contribution < 1.29 is 22.7 Å². The number of carbonyl (C=O) groups excluding carboxylic acids is 1. The van der Waals surface area contributed by atoms with Crippen LogP contribution in [0.1, 0.15) is 29.9 Å². The zero-order chi connectivity index (χ0) is 14.8. The standard InChI is InChI=1S/C14H16F3NO2/c1-20-13(19)12-7-6-9(8-18-12)10-4-2-3-5-11(10)14(15,16)17/h2-5,9,12,18H,6-8H2,1H3/t9-,12-/m0/s1. The van der Waals surface area contributed by atoms with E-state index in [2.05, 4.69) is 10.1 Å². The van der Waals surface area contributed by atoms with E-state index in [9.17, 15) is 18.0 Å². The fourth-order valence-electron chi connectivity index (χ4n) is 2.58. The highest BCUT2D eigenvalue weighted by Crippen LogP contribution is 2.37. The Kier molecular flexibility index (Phi) is 4.32. The van der Waals surface area contributed by atoms with E-state index in [1.807, 2.05) is 0 Å². The molecule has 1 fully saturated rings. The second-order valence-corrected chi connectivity index (χ2v) is 4.84. The number of methoxy groups -OCH3 is 1. The zero-order valence-electron chi connectivity index (χ0n) is 11.0. The molecule has 2 rings (SSSR count). The van der Waals surface area contributed by atoms with Gasteiger partial charge in [-0.05, 0) is 30.4 Å². The molecule has 110 valence electrons. The topological polar surface area (TPSA) is 38.3 Å². The summed E-state index contributed by atoms with van der Waals surface area (Å²) in [6.45, 7) is 0.340. The minimum Gasteiger partial charge on any atom is -0.468 e. The average Bonchev–Trinajstić information content (AvgIpc) is 2.46. The highest BCUT2D eigenvalue weighted by Gasteiger charge is 2.36. The second-order valence-electron chi connectivity index (χ2n) is 4.84. The molecule has 3 nitrogen and oxygen atoms in total. The summed E-state index contributed by atoms with van der Waals surface area (Å²) in [5, 5.41) is 2.96. The fourth-order valence-corrected chi connectivity index (χ4v) is 2.58. The van der Waals surface area contributed by atoms with E-state index in [0.29, 0.717) is 19.4 Å². The van der Waals surface area contributed by atoms with Crippen molar-refractivity contribution in [2.75, 3.05) is 13.7 Å². The van der Waals surface area contributed by atoms with Crippen LogP contribution >= 0.6 is 0 Å². The van der Waals surface area contributed by atoms with Crippen LogP contribution in [0.25, 0.3) is 0 Å². The summed E-state index contributed by atoms with van der Waals surface area (Å²) in [6.07, 6.45) is -3.35. The minimum atomic E-state index is -4.35. The maximum atomic E-state index is 13.0. The van der Waals surface area contributed by atoms with Gasteiger partial charge in [0.25, 0.3) is 0 Å². The van der Waals surface area contributed by atoms with Gasteiger partial charge < -0.3 is 10.1 Å². The molecule has 0 spiro atoms. The molecule has 0 saturated carbocycles. The lowest BCUT2D eigenvalue weighted by Gasteiger charge is -2.30. The van der Waals surface area contributed by atoms with Crippen molar-refractivity contribution in [3.8, 4) is 0 Å². The summed E-state index contributed by atoms with van der Waals surface area (Å²) in [5.74, 6) is -0.610. The molecule has 1 aromatic carbocycles. The Morgan fingerprint density at radius 3 is 2.55 bits per heavy atom. The third-order valence-corrected chi connectivity index (χ3v) is 3.61. The lowest BCUT2D eigenvalue weighted by Crippen LogP contribution is -2.44. The van der Waals surface area contributed by atoms with Crippen LogP contribution < -0.4 is 5.32 Å². The molecule has 0 aromatic heterocycles. The molecule has 1 aliphatic heterocycles. The van der Waals surface area contributed by atoms with Crippen molar-refractivity contribution in [3.63, 3.8) is 0 Å². The first kappa shape index (κ1) is 14.8.